The van der Waals surface area contributed by atoms with E-state index in [2.05, 4.69) is 6.92 Å². The summed E-state index contributed by atoms with van der Waals surface area (Å²) in [7, 11) is 1.54. The molecule has 0 aliphatic carbocycles. The number of nitrogens with zero attached hydrogens (tertiary/aromatic N) is 1. The predicted molar refractivity (Wildman–Crippen MR) is 149 cm³/mol. The summed E-state index contributed by atoms with van der Waals surface area (Å²) < 4.78 is 17.3. The molecule has 1 N–H and O–H groups in total. The number of aromatic nitrogens is 1. The van der Waals surface area contributed by atoms with Gasteiger partial charge in [0.1, 0.15) is 25.1 Å². The van der Waals surface area contributed by atoms with Gasteiger partial charge in [-0.15, -0.1) is 0 Å². The first-order chi connectivity index (χ1) is 18.7. The first-order valence-corrected chi connectivity index (χ1v) is 13.6. The number of esters is 2. The lowest BCUT2D eigenvalue weighted by molar-refractivity contribution is -0.152. The number of ether oxygens (including phenoxy) is 3. The number of aliphatic hydroxyl groups is 1. The first-order valence-electron chi connectivity index (χ1n) is 13.2. The van der Waals surface area contributed by atoms with Crippen molar-refractivity contribution in [3.8, 4) is 5.75 Å². The average Bonchev–Trinajstić information content (AvgIpc) is 3.20. The van der Waals surface area contributed by atoms with Crippen LogP contribution in [0.2, 0.25) is 5.02 Å². The van der Waals surface area contributed by atoms with E-state index < -0.39 is 12.1 Å². The zero-order valence-corrected chi connectivity index (χ0v) is 23.5. The van der Waals surface area contributed by atoms with Crippen LogP contribution in [0.5, 0.6) is 5.75 Å². The van der Waals surface area contributed by atoms with Gasteiger partial charge in [-0.05, 0) is 61.4 Å². The van der Waals surface area contributed by atoms with E-state index in [1.54, 1.807) is 61.1 Å². The Kier molecular flexibility index (Phi) is 11.4. The quantitative estimate of drug-likeness (QED) is 0.202. The van der Waals surface area contributed by atoms with Gasteiger partial charge in [0.05, 0.1) is 19.0 Å². The number of carbonyl (C=O) groups excluding carboxylic acids is 3. The molecule has 1 unspecified atom stereocenters. The second kappa shape index (κ2) is 14.7. The first kappa shape index (κ1) is 30.2. The van der Waals surface area contributed by atoms with E-state index in [4.69, 9.17) is 25.8 Å². The highest BCUT2D eigenvalue weighted by molar-refractivity contribution is 6.30. The summed E-state index contributed by atoms with van der Waals surface area (Å²) in [4.78, 5) is 38.0. The number of benzene rings is 2. The number of unbranched alkanes of at least 4 members (excludes halogenated alkanes) is 4. The number of rotatable bonds is 14. The Hall–Kier alpha value is -3.36. The van der Waals surface area contributed by atoms with E-state index in [1.165, 1.54) is 0 Å². The maximum absolute atomic E-state index is 13.4. The molecule has 0 amide bonds. The molecular formula is C30H36ClNO7. The van der Waals surface area contributed by atoms with Gasteiger partial charge in [-0.3, -0.25) is 19.0 Å². The minimum Gasteiger partial charge on any atom is -0.497 e. The zero-order valence-electron chi connectivity index (χ0n) is 22.7. The van der Waals surface area contributed by atoms with Crippen LogP contribution >= 0.6 is 11.6 Å². The summed E-state index contributed by atoms with van der Waals surface area (Å²) in [5.74, 6) is -0.641. The summed E-state index contributed by atoms with van der Waals surface area (Å²) in [6.45, 7) is 3.34. The fourth-order valence-corrected chi connectivity index (χ4v) is 4.49. The molecule has 0 radical (unpaired) electrons. The third-order valence-electron chi connectivity index (χ3n) is 6.52. The van der Waals surface area contributed by atoms with Gasteiger partial charge < -0.3 is 19.3 Å². The predicted octanol–water partition coefficient (Wildman–Crippen LogP) is 5.65. The maximum atomic E-state index is 13.4. The van der Waals surface area contributed by atoms with Crippen LogP contribution in [0.1, 0.15) is 67.1 Å². The van der Waals surface area contributed by atoms with Gasteiger partial charge in [-0.1, -0.05) is 44.2 Å². The van der Waals surface area contributed by atoms with Crippen molar-refractivity contribution in [1.29, 1.82) is 0 Å². The van der Waals surface area contributed by atoms with E-state index in [-0.39, 0.29) is 31.5 Å². The lowest BCUT2D eigenvalue weighted by atomic mass is 10.1. The average molecular weight is 558 g/mol. The van der Waals surface area contributed by atoms with Gasteiger partial charge in [0.25, 0.3) is 5.91 Å². The minimum atomic E-state index is -1.13. The van der Waals surface area contributed by atoms with Crippen LogP contribution in [0.4, 0.5) is 0 Å². The molecule has 0 fully saturated rings. The van der Waals surface area contributed by atoms with E-state index in [9.17, 15) is 19.5 Å². The van der Waals surface area contributed by atoms with E-state index in [0.29, 0.717) is 44.9 Å². The largest absolute Gasteiger partial charge is 0.497 e. The third-order valence-corrected chi connectivity index (χ3v) is 6.77. The molecule has 0 saturated heterocycles. The van der Waals surface area contributed by atoms with E-state index in [1.807, 2.05) is 0 Å². The molecule has 1 atom stereocenters. The SMILES string of the molecule is CCCCCCCC(=O)OCC(O)COC(=O)Cc1c(C)n(C(=O)c2ccc(Cl)cc2)c2ccc(OC)cc12. The molecule has 8 nitrogen and oxygen atoms in total. The molecule has 2 aromatic carbocycles. The third kappa shape index (κ3) is 8.31. The summed E-state index contributed by atoms with van der Waals surface area (Å²) >= 11 is 5.98. The van der Waals surface area contributed by atoms with Crippen LogP contribution in [0.3, 0.4) is 0 Å². The van der Waals surface area contributed by atoms with Crippen molar-refractivity contribution in [1.82, 2.24) is 4.57 Å². The fraction of sp³-hybridized carbons (Fsp3) is 0.433. The second-order valence-corrected chi connectivity index (χ2v) is 9.89. The summed E-state index contributed by atoms with van der Waals surface area (Å²) in [6, 6.07) is 11.9. The van der Waals surface area contributed by atoms with Crippen molar-refractivity contribution in [3.05, 3.63) is 64.3 Å². The number of fused-ring (bicyclic) bond motifs is 1. The summed E-state index contributed by atoms with van der Waals surface area (Å²) in [5.41, 5.74) is 2.27. The Morgan fingerprint density at radius 1 is 0.949 bits per heavy atom. The molecule has 0 spiro atoms. The van der Waals surface area contributed by atoms with Crippen molar-refractivity contribution < 1.29 is 33.7 Å². The molecule has 0 aliphatic heterocycles. The lowest BCUT2D eigenvalue weighted by Gasteiger charge is -2.12. The Labute approximate surface area is 233 Å². The van der Waals surface area contributed by atoms with Crippen LogP contribution in [-0.4, -0.2) is 53.9 Å². The lowest BCUT2D eigenvalue weighted by Crippen LogP contribution is -2.26. The minimum absolute atomic E-state index is 0.124. The fourth-order valence-electron chi connectivity index (χ4n) is 4.36. The zero-order chi connectivity index (χ0) is 28.4. The van der Waals surface area contributed by atoms with Gasteiger partial charge in [-0.25, -0.2) is 0 Å². The summed E-state index contributed by atoms with van der Waals surface area (Å²) in [5, 5.41) is 11.3. The van der Waals surface area contributed by atoms with Crippen molar-refractivity contribution in [2.45, 2.75) is 64.9 Å². The van der Waals surface area contributed by atoms with Gasteiger partial charge >= 0.3 is 11.9 Å². The number of halogens is 1. The topological polar surface area (TPSA) is 104 Å². The maximum Gasteiger partial charge on any atom is 0.310 e. The molecular weight excluding hydrogens is 522 g/mol. The second-order valence-electron chi connectivity index (χ2n) is 9.46. The molecule has 39 heavy (non-hydrogen) atoms. The van der Waals surface area contributed by atoms with Crippen molar-refractivity contribution >= 4 is 40.3 Å². The van der Waals surface area contributed by atoms with Crippen molar-refractivity contribution in [3.63, 3.8) is 0 Å². The van der Waals surface area contributed by atoms with Gasteiger partial charge in [0.2, 0.25) is 0 Å². The summed E-state index contributed by atoms with van der Waals surface area (Å²) in [6.07, 6.45) is 4.13. The van der Waals surface area contributed by atoms with Crippen molar-refractivity contribution in [2.24, 2.45) is 0 Å². The molecule has 9 heteroatoms. The Morgan fingerprint density at radius 2 is 1.62 bits per heavy atom. The number of aliphatic hydroxyl groups excluding tert-OH is 1. The van der Waals surface area contributed by atoms with Crippen LogP contribution in [-0.2, 0) is 25.5 Å². The van der Waals surface area contributed by atoms with Gasteiger partial charge in [0, 0.05) is 28.1 Å². The number of methoxy groups -OCH3 is 1. The van der Waals surface area contributed by atoms with Gasteiger partial charge in [0.15, 0.2) is 0 Å². The molecule has 0 aliphatic rings. The molecule has 0 bridgehead atoms. The van der Waals surface area contributed by atoms with Crippen LogP contribution < -0.4 is 4.74 Å². The Bertz CT molecular complexity index is 1280. The number of hydrogen-bond acceptors (Lipinski definition) is 7. The molecule has 3 rings (SSSR count). The number of carbonyl (C=O) groups is 3. The standard InChI is InChI=1S/C30H36ClNO7/c1-4-5-6-7-8-9-28(34)38-18-23(33)19-39-29(35)17-25-20(2)32(27-15-14-24(37-3)16-26(25)27)30(36)21-10-12-22(31)13-11-21/h10-16,23,33H,4-9,17-19H2,1-3H3. The highest BCUT2D eigenvalue weighted by Crippen LogP contribution is 2.31. The Balaban J connectivity index is 1.64. The number of hydrogen-bond donors (Lipinski definition) is 1. The Morgan fingerprint density at radius 3 is 2.28 bits per heavy atom. The monoisotopic (exact) mass is 557 g/mol. The molecule has 1 heterocycles. The van der Waals surface area contributed by atoms with E-state index in [0.717, 1.165) is 32.1 Å². The molecule has 3 aromatic rings. The highest BCUT2D eigenvalue weighted by Gasteiger charge is 2.23. The highest BCUT2D eigenvalue weighted by atomic mass is 35.5. The van der Waals surface area contributed by atoms with E-state index >= 15 is 0 Å². The smallest absolute Gasteiger partial charge is 0.310 e. The molecule has 210 valence electrons. The van der Waals surface area contributed by atoms with Crippen molar-refractivity contribution in [2.75, 3.05) is 20.3 Å². The van der Waals surface area contributed by atoms with Gasteiger partial charge in [-0.2, -0.15) is 0 Å². The molecule has 0 saturated carbocycles. The molecule has 1 aromatic heterocycles. The van der Waals surface area contributed by atoms with Crippen LogP contribution in [0, 0.1) is 6.92 Å². The van der Waals surface area contributed by atoms with Crippen LogP contribution in [0.15, 0.2) is 42.5 Å². The normalized spacial score (nSPS) is 11.8. The van der Waals surface area contributed by atoms with Crippen LogP contribution in [0.25, 0.3) is 10.9 Å².